The fraction of sp³-hybridized carbons (Fsp3) is 0.312. The van der Waals surface area contributed by atoms with E-state index in [1.165, 1.54) is 16.2 Å². The van der Waals surface area contributed by atoms with Crippen LogP contribution in [0.25, 0.3) is 0 Å². The Labute approximate surface area is 132 Å². The Kier molecular flexibility index (Phi) is 4.07. The van der Waals surface area contributed by atoms with Gasteiger partial charge < -0.3 is 4.74 Å². The first-order valence-corrected chi connectivity index (χ1v) is 7.94. The third-order valence-electron chi connectivity index (χ3n) is 3.51. The van der Waals surface area contributed by atoms with E-state index in [0.29, 0.717) is 16.4 Å². The molecule has 0 spiro atoms. The van der Waals surface area contributed by atoms with E-state index in [0.717, 1.165) is 25.0 Å². The fourth-order valence-electron chi connectivity index (χ4n) is 2.36. The van der Waals surface area contributed by atoms with Crippen molar-refractivity contribution in [3.05, 3.63) is 40.4 Å². The van der Waals surface area contributed by atoms with Crippen molar-refractivity contribution in [2.75, 3.05) is 5.32 Å². The number of hydrogen-bond acceptors (Lipinski definition) is 5. The van der Waals surface area contributed by atoms with Crippen LogP contribution >= 0.6 is 11.3 Å². The number of carbonyl (C=O) groups excluding carboxylic acids is 1. The molecule has 0 fully saturated rings. The monoisotopic (exact) mass is 313 g/mol. The highest BCUT2D eigenvalue weighted by Gasteiger charge is 2.21. The lowest BCUT2D eigenvalue weighted by molar-refractivity contribution is -0.122. The molecular weight excluding hydrogens is 298 g/mol. The second kappa shape index (κ2) is 6.16. The van der Waals surface area contributed by atoms with Crippen LogP contribution in [0.2, 0.25) is 0 Å². The molecule has 1 aromatic heterocycles. The van der Waals surface area contributed by atoms with Crippen molar-refractivity contribution in [3.8, 4) is 11.8 Å². The molecule has 22 heavy (non-hydrogen) atoms. The number of benzene rings is 1. The molecule has 1 aromatic carbocycles. The van der Waals surface area contributed by atoms with Gasteiger partial charge in [-0.15, -0.1) is 11.3 Å². The predicted octanol–water partition coefficient (Wildman–Crippen LogP) is 2.91. The quantitative estimate of drug-likeness (QED) is 0.941. The number of thiazole rings is 1. The Morgan fingerprint density at radius 3 is 3.05 bits per heavy atom. The normalized spacial score (nSPS) is 14.0. The van der Waals surface area contributed by atoms with Gasteiger partial charge in [-0.2, -0.15) is 5.26 Å². The lowest BCUT2D eigenvalue weighted by Crippen LogP contribution is -2.30. The van der Waals surface area contributed by atoms with Gasteiger partial charge in [0.15, 0.2) is 11.2 Å². The molecule has 1 aliphatic carbocycles. The minimum absolute atomic E-state index is 0.264. The Balaban J connectivity index is 1.65. The molecule has 0 saturated carbocycles. The summed E-state index contributed by atoms with van der Waals surface area (Å²) in [6.07, 6.45) is 2.48. The molecule has 1 amide bonds. The molecule has 2 aromatic rings. The molecule has 0 saturated heterocycles. The standard InChI is InChI=1S/C16H15N3O2S/c1-10(21-13-7-3-2-5-11(13)9-17)15(20)19-16-18-12-6-4-8-14(12)22-16/h2-3,5,7,10H,4,6,8H2,1H3,(H,18,19,20)/t10-/m0/s1. The molecule has 1 aliphatic rings. The van der Waals surface area contributed by atoms with Gasteiger partial charge in [-0.05, 0) is 38.3 Å². The summed E-state index contributed by atoms with van der Waals surface area (Å²) in [6.45, 7) is 1.66. The topological polar surface area (TPSA) is 75.0 Å². The van der Waals surface area contributed by atoms with Gasteiger partial charge in [0.25, 0.3) is 5.91 Å². The highest BCUT2D eigenvalue weighted by Crippen LogP contribution is 2.30. The number of nitrogens with zero attached hydrogens (tertiary/aromatic N) is 2. The first-order chi connectivity index (χ1) is 10.7. The Morgan fingerprint density at radius 2 is 2.27 bits per heavy atom. The van der Waals surface area contributed by atoms with Crippen molar-refractivity contribution in [3.63, 3.8) is 0 Å². The fourth-order valence-corrected chi connectivity index (χ4v) is 3.41. The third kappa shape index (κ3) is 2.95. The largest absolute Gasteiger partial charge is 0.480 e. The van der Waals surface area contributed by atoms with E-state index >= 15 is 0 Å². The average molecular weight is 313 g/mol. The van der Waals surface area contributed by atoms with Gasteiger partial charge in [-0.1, -0.05) is 12.1 Å². The molecule has 0 bridgehead atoms. The van der Waals surface area contributed by atoms with Crippen molar-refractivity contribution < 1.29 is 9.53 Å². The minimum atomic E-state index is -0.701. The van der Waals surface area contributed by atoms with Crippen molar-refractivity contribution >= 4 is 22.4 Å². The van der Waals surface area contributed by atoms with Crippen LogP contribution in [-0.2, 0) is 17.6 Å². The van der Waals surface area contributed by atoms with Crippen LogP contribution in [0.3, 0.4) is 0 Å². The van der Waals surface area contributed by atoms with Gasteiger partial charge in [0.1, 0.15) is 11.8 Å². The molecule has 3 rings (SSSR count). The van der Waals surface area contributed by atoms with Crippen LogP contribution in [0.1, 0.15) is 29.5 Å². The van der Waals surface area contributed by atoms with Crippen molar-refractivity contribution in [1.82, 2.24) is 4.98 Å². The summed E-state index contributed by atoms with van der Waals surface area (Å²) in [7, 11) is 0. The van der Waals surface area contributed by atoms with E-state index in [1.807, 2.05) is 6.07 Å². The number of rotatable bonds is 4. The van der Waals surface area contributed by atoms with Gasteiger partial charge in [-0.3, -0.25) is 10.1 Å². The first kappa shape index (κ1) is 14.5. The van der Waals surface area contributed by atoms with E-state index < -0.39 is 6.10 Å². The smallest absolute Gasteiger partial charge is 0.266 e. The number of aryl methyl sites for hydroxylation is 2. The van der Waals surface area contributed by atoms with Crippen LogP contribution in [0.15, 0.2) is 24.3 Å². The van der Waals surface area contributed by atoms with E-state index in [2.05, 4.69) is 10.3 Å². The van der Waals surface area contributed by atoms with Gasteiger partial charge in [0.2, 0.25) is 0 Å². The van der Waals surface area contributed by atoms with Crippen molar-refractivity contribution in [2.24, 2.45) is 0 Å². The molecule has 6 heteroatoms. The number of amides is 1. The summed E-state index contributed by atoms with van der Waals surface area (Å²) < 4.78 is 5.59. The van der Waals surface area contributed by atoms with Gasteiger partial charge in [0.05, 0.1) is 11.3 Å². The maximum Gasteiger partial charge on any atom is 0.266 e. The van der Waals surface area contributed by atoms with E-state index in [-0.39, 0.29) is 5.91 Å². The highest BCUT2D eigenvalue weighted by molar-refractivity contribution is 7.15. The lowest BCUT2D eigenvalue weighted by atomic mass is 10.2. The summed E-state index contributed by atoms with van der Waals surface area (Å²) in [5.41, 5.74) is 1.51. The van der Waals surface area contributed by atoms with E-state index in [4.69, 9.17) is 10.00 Å². The Bertz CT molecular complexity index is 727. The summed E-state index contributed by atoms with van der Waals surface area (Å²) in [5, 5.41) is 12.4. The number of hydrogen-bond donors (Lipinski definition) is 1. The second-order valence-electron chi connectivity index (χ2n) is 5.10. The molecule has 1 atom stereocenters. The van der Waals surface area contributed by atoms with E-state index in [9.17, 15) is 4.79 Å². The number of ether oxygens (including phenoxy) is 1. The zero-order valence-electron chi connectivity index (χ0n) is 12.1. The minimum Gasteiger partial charge on any atom is -0.480 e. The molecular formula is C16H15N3O2S. The zero-order valence-corrected chi connectivity index (χ0v) is 12.9. The molecule has 1 heterocycles. The summed E-state index contributed by atoms with van der Waals surface area (Å²) >= 11 is 1.53. The van der Waals surface area contributed by atoms with Gasteiger partial charge >= 0.3 is 0 Å². The summed E-state index contributed by atoms with van der Waals surface area (Å²) in [4.78, 5) is 17.9. The number of aromatic nitrogens is 1. The van der Waals surface area contributed by atoms with Crippen LogP contribution in [0, 0.1) is 11.3 Å². The number of fused-ring (bicyclic) bond motifs is 1. The zero-order chi connectivity index (χ0) is 15.5. The molecule has 1 N–H and O–H groups in total. The Morgan fingerprint density at radius 1 is 1.45 bits per heavy atom. The van der Waals surface area contributed by atoms with Crippen molar-refractivity contribution in [1.29, 1.82) is 5.26 Å². The van der Waals surface area contributed by atoms with Crippen LogP contribution in [0.4, 0.5) is 5.13 Å². The number of nitrogens with one attached hydrogen (secondary N) is 1. The SMILES string of the molecule is C[C@H](Oc1ccccc1C#N)C(=O)Nc1nc2c(s1)CCC2. The van der Waals surface area contributed by atoms with Gasteiger partial charge in [-0.25, -0.2) is 4.98 Å². The van der Waals surface area contributed by atoms with Crippen LogP contribution in [0.5, 0.6) is 5.75 Å². The molecule has 5 nitrogen and oxygen atoms in total. The number of para-hydroxylation sites is 1. The van der Waals surface area contributed by atoms with Crippen LogP contribution < -0.4 is 10.1 Å². The average Bonchev–Trinajstić information content (AvgIpc) is 3.08. The van der Waals surface area contributed by atoms with Crippen molar-refractivity contribution in [2.45, 2.75) is 32.3 Å². The maximum atomic E-state index is 12.2. The summed E-state index contributed by atoms with van der Waals surface area (Å²) in [6, 6.07) is 8.91. The molecule has 0 radical (unpaired) electrons. The number of carbonyl (C=O) groups is 1. The maximum absolute atomic E-state index is 12.2. The second-order valence-corrected chi connectivity index (χ2v) is 6.18. The third-order valence-corrected chi connectivity index (χ3v) is 4.58. The van der Waals surface area contributed by atoms with E-state index in [1.54, 1.807) is 31.2 Å². The summed E-state index contributed by atoms with van der Waals surface area (Å²) in [5.74, 6) is 0.148. The first-order valence-electron chi connectivity index (χ1n) is 7.12. The Hall–Kier alpha value is -2.39. The highest BCUT2D eigenvalue weighted by atomic mass is 32.1. The molecule has 112 valence electrons. The number of nitriles is 1. The lowest BCUT2D eigenvalue weighted by Gasteiger charge is -2.14. The van der Waals surface area contributed by atoms with Gasteiger partial charge in [0, 0.05) is 4.88 Å². The number of anilines is 1. The van der Waals surface area contributed by atoms with Crippen LogP contribution in [-0.4, -0.2) is 17.0 Å². The molecule has 0 aliphatic heterocycles. The molecule has 0 unspecified atom stereocenters. The predicted molar refractivity (Wildman–Crippen MR) is 84.0 cm³/mol.